The Morgan fingerprint density at radius 1 is 1.43 bits per heavy atom. The Bertz CT molecular complexity index is 345. The molecule has 1 aliphatic heterocycles. The second kappa shape index (κ2) is 8.87. The van der Waals surface area contributed by atoms with Crippen molar-refractivity contribution in [2.75, 3.05) is 26.2 Å². The third-order valence-electron chi connectivity index (χ3n) is 3.67. The normalized spacial score (nSPS) is 20.4. The molecule has 0 saturated carbocycles. The number of piperidine rings is 1. The van der Waals surface area contributed by atoms with Gasteiger partial charge in [0.15, 0.2) is 0 Å². The average molecular weight is 300 g/mol. The Hall–Kier alpha value is -1.30. The predicted octanol–water partition coefficient (Wildman–Crippen LogP) is 1.94. The van der Waals surface area contributed by atoms with Crippen LogP contribution in [0.25, 0.3) is 0 Å². The second-order valence-electron chi connectivity index (χ2n) is 6.02. The number of rotatable bonds is 7. The van der Waals surface area contributed by atoms with Crippen LogP contribution in [-0.4, -0.2) is 54.4 Å². The molecule has 0 aromatic carbocycles. The molecule has 2 unspecified atom stereocenters. The minimum absolute atomic E-state index is 0.0976. The van der Waals surface area contributed by atoms with E-state index in [1.54, 1.807) is 4.90 Å². The fourth-order valence-corrected chi connectivity index (χ4v) is 2.66. The predicted molar refractivity (Wildman–Crippen MR) is 80.2 cm³/mol. The zero-order chi connectivity index (χ0) is 15.8. The van der Waals surface area contributed by atoms with Crippen molar-refractivity contribution >= 4 is 12.0 Å². The van der Waals surface area contributed by atoms with Gasteiger partial charge in [-0.15, -0.1) is 0 Å². The van der Waals surface area contributed by atoms with Crippen molar-refractivity contribution in [1.82, 2.24) is 10.2 Å². The van der Waals surface area contributed by atoms with Crippen LogP contribution in [0.15, 0.2) is 0 Å². The van der Waals surface area contributed by atoms with E-state index < -0.39 is 11.9 Å². The maximum absolute atomic E-state index is 12.1. The summed E-state index contributed by atoms with van der Waals surface area (Å²) in [6.45, 7) is 8.03. The quantitative estimate of drug-likeness (QED) is 0.753. The molecule has 0 radical (unpaired) electrons. The fraction of sp³-hybridized carbons (Fsp3) is 0.867. The van der Waals surface area contributed by atoms with Gasteiger partial charge in [0.1, 0.15) is 0 Å². The summed E-state index contributed by atoms with van der Waals surface area (Å²) in [4.78, 5) is 25.0. The van der Waals surface area contributed by atoms with Crippen molar-refractivity contribution in [3.05, 3.63) is 0 Å². The third kappa shape index (κ3) is 6.33. The maximum atomic E-state index is 12.1. The van der Waals surface area contributed by atoms with E-state index in [1.807, 2.05) is 20.8 Å². The average Bonchev–Trinajstić information content (AvgIpc) is 2.43. The number of carboxylic acids is 1. The van der Waals surface area contributed by atoms with E-state index in [1.165, 1.54) is 0 Å². The van der Waals surface area contributed by atoms with E-state index in [-0.39, 0.29) is 18.7 Å². The standard InChI is InChI=1S/C15H28N2O4/c1-4-21-13-6-5-7-17(10-13)15(20)16-9-12(14(18)19)8-11(2)3/h11-13H,4-10H2,1-3H3,(H,16,20)(H,18,19). The first-order chi connectivity index (χ1) is 9.93. The zero-order valence-corrected chi connectivity index (χ0v) is 13.3. The molecule has 0 aromatic rings. The van der Waals surface area contributed by atoms with Gasteiger partial charge >= 0.3 is 12.0 Å². The molecule has 1 saturated heterocycles. The molecule has 122 valence electrons. The number of urea groups is 1. The second-order valence-corrected chi connectivity index (χ2v) is 6.02. The highest BCUT2D eigenvalue weighted by Crippen LogP contribution is 2.14. The molecule has 1 rings (SSSR count). The molecule has 0 aliphatic carbocycles. The summed E-state index contributed by atoms with van der Waals surface area (Å²) in [5, 5.41) is 11.9. The highest BCUT2D eigenvalue weighted by atomic mass is 16.5. The van der Waals surface area contributed by atoms with Gasteiger partial charge in [-0.2, -0.15) is 0 Å². The van der Waals surface area contributed by atoms with Gasteiger partial charge in [-0.05, 0) is 32.1 Å². The smallest absolute Gasteiger partial charge is 0.317 e. The van der Waals surface area contributed by atoms with Gasteiger partial charge in [0.25, 0.3) is 0 Å². The lowest BCUT2D eigenvalue weighted by molar-refractivity contribution is -0.142. The number of ether oxygens (including phenoxy) is 1. The Balaban J connectivity index is 2.42. The van der Waals surface area contributed by atoms with Crippen LogP contribution in [-0.2, 0) is 9.53 Å². The Morgan fingerprint density at radius 3 is 2.71 bits per heavy atom. The summed E-state index contributed by atoms with van der Waals surface area (Å²) >= 11 is 0. The summed E-state index contributed by atoms with van der Waals surface area (Å²) in [6.07, 6.45) is 2.56. The number of carbonyl (C=O) groups excluding carboxylic acids is 1. The first-order valence-corrected chi connectivity index (χ1v) is 7.81. The molecule has 0 bridgehead atoms. The van der Waals surface area contributed by atoms with Gasteiger partial charge in [-0.25, -0.2) is 4.79 Å². The van der Waals surface area contributed by atoms with E-state index >= 15 is 0 Å². The van der Waals surface area contributed by atoms with Crippen molar-refractivity contribution in [3.8, 4) is 0 Å². The molecule has 0 aromatic heterocycles. The minimum Gasteiger partial charge on any atom is -0.481 e. The van der Waals surface area contributed by atoms with Gasteiger partial charge in [0.2, 0.25) is 0 Å². The molecule has 0 spiro atoms. The van der Waals surface area contributed by atoms with Crippen LogP contribution in [0.3, 0.4) is 0 Å². The molecule has 2 amide bonds. The largest absolute Gasteiger partial charge is 0.481 e. The molecule has 21 heavy (non-hydrogen) atoms. The number of likely N-dealkylation sites (tertiary alicyclic amines) is 1. The van der Waals surface area contributed by atoms with Gasteiger partial charge in [0, 0.05) is 26.2 Å². The van der Waals surface area contributed by atoms with Gasteiger partial charge in [-0.3, -0.25) is 4.79 Å². The van der Waals surface area contributed by atoms with Gasteiger partial charge < -0.3 is 20.1 Å². The van der Waals surface area contributed by atoms with Crippen LogP contribution in [0, 0.1) is 11.8 Å². The first kappa shape index (κ1) is 17.8. The molecule has 6 nitrogen and oxygen atoms in total. The summed E-state index contributed by atoms with van der Waals surface area (Å²) in [7, 11) is 0. The summed E-state index contributed by atoms with van der Waals surface area (Å²) in [6, 6.07) is -0.186. The lowest BCUT2D eigenvalue weighted by atomic mass is 9.97. The van der Waals surface area contributed by atoms with Crippen LogP contribution in [0.2, 0.25) is 0 Å². The number of hydrogen-bond acceptors (Lipinski definition) is 3. The molecule has 2 atom stereocenters. The zero-order valence-electron chi connectivity index (χ0n) is 13.3. The molecule has 6 heteroatoms. The Morgan fingerprint density at radius 2 is 2.14 bits per heavy atom. The highest BCUT2D eigenvalue weighted by molar-refractivity contribution is 5.76. The van der Waals surface area contributed by atoms with E-state index in [4.69, 9.17) is 4.74 Å². The Kier molecular flexibility index (Phi) is 7.50. The molecular formula is C15H28N2O4. The summed E-state index contributed by atoms with van der Waals surface area (Å²) < 4.78 is 5.56. The van der Waals surface area contributed by atoms with E-state index in [0.29, 0.717) is 32.0 Å². The van der Waals surface area contributed by atoms with Gasteiger partial charge in [-0.1, -0.05) is 13.8 Å². The van der Waals surface area contributed by atoms with Crippen molar-refractivity contribution in [2.24, 2.45) is 11.8 Å². The molecular weight excluding hydrogens is 272 g/mol. The number of carboxylic acid groups (broad SMARTS) is 1. The minimum atomic E-state index is -0.852. The third-order valence-corrected chi connectivity index (χ3v) is 3.67. The molecule has 1 aliphatic rings. The number of aliphatic carboxylic acids is 1. The molecule has 1 heterocycles. The van der Waals surface area contributed by atoms with Crippen molar-refractivity contribution in [1.29, 1.82) is 0 Å². The lowest BCUT2D eigenvalue weighted by Gasteiger charge is -2.32. The van der Waals surface area contributed by atoms with Crippen LogP contribution in [0.1, 0.15) is 40.0 Å². The van der Waals surface area contributed by atoms with Crippen LogP contribution in [0.4, 0.5) is 4.79 Å². The number of nitrogens with one attached hydrogen (secondary N) is 1. The Labute approximate surface area is 126 Å². The summed E-state index contributed by atoms with van der Waals surface area (Å²) in [5.41, 5.74) is 0. The monoisotopic (exact) mass is 300 g/mol. The van der Waals surface area contributed by atoms with Crippen molar-refractivity contribution < 1.29 is 19.4 Å². The van der Waals surface area contributed by atoms with Crippen LogP contribution < -0.4 is 5.32 Å². The van der Waals surface area contributed by atoms with E-state index in [0.717, 1.165) is 12.8 Å². The summed E-state index contributed by atoms with van der Waals surface area (Å²) in [5.74, 6) is -1.09. The van der Waals surface area contributed by atoms with Crippen LogP contribution >= 0.6 is 0 Å². The number of nitrogens with zero attached hydrogens (tertiary/aromatic N) is 1. The topological polar surface area (TPSA) is 78.9 Å². The number of carbonyl (C=O) groups is 2. The fourth-order valence-electron chi connectivity index (χ4n) is 2.66. The van der Waals surface area contributed by atoms with E-state index in [2.05, 4.69) is 5.32 Å². The van der Waals surface area contributed by atoms with E-state index in [9.17, 15) is 14.7 Å². The molecule has 2 N–H and O–H groups in total. The lowest BCUT2D eigenvalue weighted by Crippen LogP contribution is -2.49. The maximum Gasteiger partial charge on any atom is 0.317 e. The van der Waals surface area contributed by atoms with Crippen molar-refractivity contribution in [3.63, 3.8) is 0 Å². The van der Waals surface area contributed by atoms with Gasteiger partial charge in [0.05, 0.1) is 12.0 Å². The van der Waals surface area contributed by atoms with Crippen LogP contribution in [0.5, 0.6) is 0 Å². The SMILES string of the molecule is CCOC1CCCN(C(=O)NCC(CC(C)C)C(=O)O)C1. The highest BCUT2D eigenvalue weighted by Gasteiger charge is 2.25. The first-order valence-electron chi connectivity index (χ1n) is 7.81. The van der Waals surface area contributed by atoms with Crippen molar-refractivity contribution in [2.45, 2.75) is 46.1 Å². The number of amides is 2. The number of hydrogen-bond donors (Lipinski definition) is 2. The molecule has 1 fully saturated rings.